The average molecular weight is 415 g/mol. The minimum Gasteiger partial charge on any atom is -0.387 e. The van der Waals surface area contributed by atoms with Gasteiger partial charge in [-0.3, -0.25) is 9.09 Å². The van der Waals surface area contributed by atoms with Gasteiger partial charge in [0.2, 0.25) is 0 Å². The molecule has 2 unspecified atom stereocenters. The van der Waals surface area contributed by atoms with Crippen LogP contribution in [-0.4, -0.2) is 59.4 Å². The minimum absolute atomic E-state index is 0.0787. The van der Waals surface area contributed by atoms with Crippen molar-refractivity contribution in [1.82, 2.24) is 9.55 Å². The van der Waals surface area contributed by atoms with Gasteiger partial charge >= 0.3 is 21.3 Å². The van der Waals surface area contributed by atoms with Crippen LogP contribution < -0.4 is 11.4 Å². The second kappa shape index (κ2) is 7.21. The van der Waals surface area contributed by atoms with Gasteiger partial charge in [-0.2, -0.15) is 9.29 Å². The summed E-state index contributed by atoms with van der Waals surface area (Å²) >= 11 is 0. The highest BCUT2D eigenvalue weighted by Crippen LogP contribution is 2.57. The Morgan fingerprint density at radius 2 is 1.92 bits per heavy atom. The van der Waals surface area contributed by atoms with Gasteiger partial charge in [-0.05, 0) is 6.07 Å². The molecule has 142 valence electrons. The number of nitrogens with two attached hydrogens (primary N) is 1. The quantitative estimate of drug-likeness (QED) is 0.163. The zero-order valence-corrected chi connectivity index (χ0v) is 14.0. The maximum atomic E-state index is 11.7. The lowest BCUT2D eigenvalue weighted by atomic mass is 11.1. The van der Waals surface area contributed by atoms with Gasteiger partial charge in [-0.15, -0.1) is 0 Å². The van der Waals surface area contributed by atoms with Crippen molar-refractivity contribution in [1.29, 1.82) is 0 Å². The zero-order chi connectivity index (χ0) is 19.0. The molecule has 1 fully saturated rings. The summed E-state index contributed by atoms with van der Waals surface area (Å²) in [5.74, 6) is -0.0787. The maximum Gasteiger partial charge on any atom is 0.481 e. The van der Waals surface area contributed by atoms with Crippen LogP contribution in [0, 0.1) is 0 Å². The smallest absolute Gasteiger partial charge is 0.387 e. The molecule has 1 aliphatic heterocycles. The summed E-state index contributed by atoms with van der Waals surface area (Å²) in [6.07, 6.45) is -4.93. The van der Waals surface area contributed by atoms with Crippen molar-refractivity contribution >= 4 is 21.5 Å². The second-order valence-electron chi connectivity index (χ2n) is 4.93. The number of ether oxygens (including phenoxy) is 1. The third-order valence-electron chi connectivity index (χ3n) is 3.07. The van der Waals surface area contributed by atoms with E-state index in [0.717, 1.165) is 10.8 Å². The number of nitrogen functional groups attached to an aromatic ring is 1. The summed E-state index contributed by atoms with van der Waals surface area (Å²) in [7, 11) is -10.5. The van der Waals surface area contributed by atoms with Crippen LogP contribution in [0.2, 0.25) is 0 Å². The van der Waals surface area contributed by atoms with Gasteiger partial charge in [0.1, 0.15) is 24.1 Å². The van der Waals surface area contributed by atoms with Gasteiger partial charge in [0, 0.05) is 6.20 Å². The third kappa shape index (κ3) is 5.15. The van der Waals surface area contributed by atoms with E-state index >= 15 is 0 Å². The van der Waals surface area contributed by atoms with Crippen LogP contribution in [0.15, 0.2) is 17.1 Å². The standard InChI is InChI=1S/C9H15N3O11P2/c10-5-1-2-12(9(15)11-5)8-7(14)6(13)4(22-8)3-21-25(19,20)23-24(16,17)18/h1-2,4,6-8,13-14H,3H2,(H,19,20)(H2,10,11,15)(H2,16,17,18)/t4-,6?,7+,8-/m1/s1/i1+1,2+1,3+1,4+1,5+1,6+1,7+1,8+1,9+1,10+1,11+1,12+1. The van der Waals surface area contributed by atoms with E-state index in [-0.39, 0.29) is 5.82 Å². The third-order valence-corrected chi connectivity index (χ3v) is 5.23. The molecule has 16 heteroatoms. The molecule has 0 aliphatic carbocycles. The fourth-order valence-corrected chi connectivity index (χ4v) is 3.64. The topological polar surface area (TPSA) is 224 Å². The highest BCUT2D eigenvalue weighted by molar-refractivity contribution is 7.60. The van der Waals surface area contributed by atoms with Gasteiger partial charge in [-0.25, -0.2) is 13.9 Å². The average Bonchev–Trinajstić information content (AvgIpc) is 2.71. The Kier molecular flexibility index (Phi) is 5.81. The largest absolute Gasteiger partial charge is 0.481 e. The predicted octanol–water partition coefficient (Wildman–Crippen LogP) is -2.33. The SMILES string of the molecule is [15NH2][13c]1[13cH][13cH][15n]([13C@@H]2O[13C@H]([13CH2]OP(=O)(O)OP(=O)(O)O)[13CH](O)[13C@@H]2O)[13c](=O)[15n]1. The molecule has 0 spiro atoms. The molecule has 0 aromatic carbocycles. The fourth-order valence-electron chi connectivity index (χ4n) is 2.04. The molecule has 7 N–H and O–H groups in total. The van der Waals surface area contributed by atoms with Crippen molar-refractivity contribution in [2.24, 2.45) is 0 Å². The van der Waals surface area contributed by atoms with Crippen LogP contribution in [0.25, 0.3) is 0 Å². The summed E-state index contributed by atoms with van der Waals surface area (Å²) in [6, 6.07) is 1.24. The molecule has 25 heavy (non-hydrogen) atoms. The Morgan fingerprint density at radius 3 is 2.48 bits per heavy atom. The van der Waals surface area contributed by atoms with Crippen LogP contribution in [0.4, 0.5) is 5.82 Å². The minimum atomic E-state index is -5.30. The molecular formula is C9H15N3O11P2. The number of aliphatic hydroxyl groups is 2. The van der Waals surface area contributed by atoms with Crippen molar-refractivity contribution < 1.29 is 47.6 Å². The summed E-state index contributed by atoms with van der Waals surface area (Å²) in [6.45, 7) is -0.875. The summed E-state index contributed by atoms with van der Waals surface area (Å²) in [4.78, 5) is 41.3. The fraction of sp³-hybridized carbons (Fsp3) is 0.556. The Labute approximate surface area is 139 Å². The first-order chi connectivity index (χ1) is 11.4. The molecule has 2 rings (SSSR count). The molecule has 0 amide bonds. The number of aliphatic hydroxyl groups excluding tert-OH is 2. The van der Waals surface area contributed by atoms with Crippen molar-refractivity contribution in [3.8, 4) is 0 Å². The normalized spacial score (nSPS) is 29.5. The molecule has 14 nitrogen and oxygen atoms in total. The molecule has 0 bridgehead atoms. The first-order valence-electron chi connectivity index (χ1n) is 6.50. The first-order valence-corrected chi connectivity index (χ1v) is 9.53. The number of aromatic nitrogens is 2. The lowest BCUT2D eigenvalue weighted by Crippen LogP contribution is -2.36. The second-order valence-corrected chi connectivity index (χ2v) is 7.75. The van der Waals surface area contributed by atoms with Gasteiger partial charge in [0.05, 0.1) is 6.61 Å². The van der Waals surface area contributed by atoms with E-state index in [1.807, 2.05) is 0 Å². The Bertz CT molecular complexity index is 778. The van der Waals surface area contributed by atoms with E-state index in [0.29, 0.717) is 0 Å². The molecular weight excluding hydrogens is 400 g/mol. The zero-order valence-electron chi connectivity index (χ0n) is 12.2. The van der Waals surface area contributed by atoms with Crippen molar-refractivity contribution in [2.75, 3.05) is 12.3 Å². The van der Waals surface area contributed by atoms with Crippen molar-refractivity contribution in [3.63, 3.8) is 0 Å². The Morgan fingerprint density at radius 1 is 1.28 bits per heavy atom. The predicted molar refractivity (Wildman–Crippen MR) is 77.7 cm³/mol. The number of phosphoric acid groups is 2. The van der Waals surface area contributed by atoms with E-state index in [1.54, 1.807) is 0 Å². The van der Waals surface area contributed by atoms with Crippen LogP contribution in [0.3, 0.4) is 0 Å². The van der Waals surface area contributed by atoms with Crippen LogP contribution >= 0.6 is 15.6 Å². The summed E-state index contributed by atoms with van der Waals surface area (Å²) in [5, 5.41) is 19.8. The van der Waals surface area contributed by atoms with Gasteiger partial charge in [0.25, 0.3) is 0 Å². The Hall–Kier alpha value is -1.18. The molecule has 1 aromatic rings. The highest BCUT2D eigenvalue weighted by Gasteiger charge is 2.45. The number of hydrogen-bond acceptors (Lipinski definition) is 10. The molecule has 1 aromatic heterocycles. The van der Waals surface area contributed by atoms with Gasteiger partial charge in [0.15, 0.2) is 6.23 Å². The van der Waals surface area contributed by atoms with Crippen LogP contribution in [0.1, 0.15) is 6.23 Å². The van der Waals surface area contributed by atoms with E-state index in [9.17, 15) is 24.1 Å². The molecule has 5 atom stereocenters. The molecule has 2 heterocycles. The van der Waals surface area contributed by atoms with Gasteiger partial charge < -0.3 is 35.4 Å². The summed E-state index contributed by atoms with van der Waals surface area (Å²) < 4.78 is 35.8. The maximum absolute atomic E-state index is 11.7. The molecule has 0 radical (unpaired) electrons. The number of rotatable bonds is 6. The summed E-state index contributed by atoms with van der Waals surface area (Å²) in [5.41, 5.74) is 4.45. The van der Waals surface area contributed by atoms with Crippen molar-refractivity contribution in [2.45, 2.75) is 24.5 Å². The number of anilines is 1. The van der Waals surface area contributed by atoms with E-state index in [2.05, 4.69) is 13.8 Å². The number of phosphoric ester groups is 1. The lowest BCUT2D eigenvalue weighted by molar-refractivity contribution is -0.0541. The van der Waals surface area contributed by atoms with Crippen LogP contribution in [-0.2, 0) is 22.7 Å². The molecule has 0 saturated carbocycles. The van der Waals surface area contributed by atoms with Gasteiger partial charge in [-0.1, -0.05) is 0 Å². The monoisotopic (exact) mass is 415 g/mol. The molecule has 1 aliphatic rings. The van der Waals surface area contributed by atoms with Crippen molar-refractivity contribution in [3.05, 3.63) is 22.7 Å². The number of hydrogen-bond donors (Lipinski definition) is 6. The molecule has 1 saturated heterocycles. The van der Waals surface area contributed by atoms with E-state index in [1.165, 1.54) is 6.07 Å². The first kappa shape index (κ1) is 20.1. The van der Waals surface area contributed by atoms with E-state index in [4.69, 9.17) is 25.2 Å². The lowest BCUT2D eigenvalue weighted by Gasteiger charge is -2.17. The van der Waals surface area contributed by atoms with E-state index < -0.39 is 52.5 Å². The Balaban J connectivity index is 2.08. The highest BCUT2D eigenvalue weighted by atomic mass is 31.3. The van der Waals surface area contributed by atoms with Crippen LogP contribution in [0.5, 0.6) is 0 Å². The number of nitrogens with zero attached hydrogens (tertiary/aromatic N) is 2.